The van der Waals surface area contributed by atoms with Gasteiger partial charge in [-0.05, 0) is 39.7 Å². The lowest BCUT2D eigenvalue weighted by Crippen LogP contribution is -2.47. The van der Waals surface area contributed by atoms with Crippen molar-refractivity contribution in [2.24, 2.45) is 4.99 Å². The molecule has 18 heavy (non-hydrogen) atoms. The second kappa shape index (κ2) is 7.04. The van der Waals surface area contributed by atoms with Crippen LogP contribution in [0.5, 0.6) is 0 Å². The number of nitrogens with zero attached hydrogens (tertiary/aromatic N) is 1. The lowest BCUT2D eigenvalue weighted by molar-refractivity contribution is 0.501. The van der Waals surface area contributed by atoms with Crippen LogP contribution in [0.1, 0.15) is 33.3 Å². The van der Waals surface area contributed by atoms with Crippen LogP contribution < -0.4 is 10.6 Å². The molecule has 0 spiro atoms. The molecule has 0 aromatic heterocycles. The fourth-order valence-corrected chi connectivity index (χ4v) is 1.60. The summed E-state index contributed by atoms with van der Waals surface area (Å²) in [6.45, 7) is 10.2. The van der Waals surface area contributed by atoms with Gasteiger partial charge in [-0.1, -0.05) is 30.3 Å². The normalized spacial score (nSPS) is 12.3. The monoisotopic (exact) mass is 247 g/mol. The van der Waals surface area contributed by atoms with Crippen molar-refractivity contribution in [3.05, 3.63) is 35.9 Å². The molecule has 0 aliphatic heterocycles. The van der Waals surface area contributed by atoms with Crippen LogP contribution in [0.3, 0.4) is 0 Å². The zero-order valence-electron chi connectivity index (χ0n) is 12.0. The number of hydrogen-bond donors (Lipinski definition) is 2. The number of benzene rings is 1. The summed E-state index contributed by atoms with van der Waals surface area (Å²) >= 11 is 0. The van der Waals surface area contributed by atoms with E-state index in [0.717, 1.165) is 25.5 Å². The second-order valence-corrected chi connectivity index (χ2v) is 5.37. The number of rotatable bonds is 4. The summed E-state index contributed by atoms with van der Waals surface area (Å²) in [7, 11) is 0. The van der Waals surface area contributed by atoms with Crippen LogP contribution in [-0.4, -0.2) is 24.6 Å². The van der Waals surface area contributed by atoms with Crippen LogP contribution in [0.4, 0.5) is 0 Å². The Balaban J connectivity index is 2.50. The van der Waals surface area contributed by atoms with Crippen molar-refractivity contribution in [3.8, 4) is 0 Å². The van der Waals surface area contributed by atoms with Gasteiger partial charge in [0.2, 0.25) is 0 Å². The predicted octanol–water partition coefficient (Wildman–Crippen LogP) is 2.58. The Labute approximate surface area is 111 Å². The van der Waals surface area contributed by atoms with Crippen molar-refractivity contribution in [1.29, 1.82) is 0 Å². The molecule has 1 rings (SSSR count). The van der Waals surface area contributed by atoms with E-state index < -0.39 is 0 Å². The molecule has 0 heterocycles. The molecule has 0 radical (unpaired) electrons. The molecule has 2 N–H and O–H groups in total. The van der Waals surface area contributed by atoms with Crippen LogP contribution in [0.25, 0.3) is 0 Å². The summed E-state index contributed by atoms with van der Waals surface area (Å²) < 4.78 is 0. The van der Waals surface area contributed by atoms with Crippen molar-refractivity contribution in [2.75, 3.05) is 13.1 Å². The van der Waals surface area contributed by atoms with Crippen LogP contribution in [0.15, 0.2) is 35.3 Å². The van der Waals surface area contributed by atoms with E-state index in [4.69, 9.17) is 0 Å². The van der Waals surface area contributed by atoms with Crippen LogP contribution in [0, 0.1) is 0 Å². The summed E-state index contributed by atoms with van der Waals surface area (Å²) in [6.07, 6.45) is 0.974. The average Bonchev–Trinajstić information content (AvgIpc) is 2.28. The quantitative estimate of drug-likeness (QED) is 0.634. The summed E-state index contributed by atoms with van der Waals surface area (Å²) in [5, 5.41) is 6.65. The van der Waals surface area contributed by atoms with Crippen molar-refractivity contribution in [2.45, 2.75) is 39.7 Å². The fourth-order valence-electron chi connectivity index (χ4n) is 1.60. The topological polar surface area (TPSA) is 36.4 Å². The molecule has 0 unspecified atom stereocenters. The third kappa shape index (κ3) is 6.28. The average molecular weight is 247 g/mol. The van der Waals surface area contributed by atoms with Gasteiger partial charge in [-0.25, -0.2) is 0 Å². The maximum absolute atomic E-state index is 4.59. The summed E-state index contributed by atoms with van der Waals surface area (Å²) in [4.78, 5) is 4.59. The highest BCUT2D eigenvalue weighted by atomic mass is 15.2. The molecule has 1 aromatic carbocycles. The van der Waals surface area contributed by atoms with E-state index in [1.807, 2.05) is 6.07 Å². The van der Waals surface area contributed by atoms with E-state index in [2.05, 4.69) is 67.6 Å². The minimum Gasteiger partial charge on any atom is -0.357 e. The Morgan fingerprint density at radius 2 is 1.83 bits per heavy atom. The molecule has 0 bridgehead atoms. The van der Waals surface area contributed by atoms with E-state index in [1.165, 1.54) is 5.56 Å². The maximum Gasteiger partial charge on any atom is 0.191 e. The van der Waals surface area contributed by atoms with E-state index in [1.54, 1.807) is 0 Å². The molecule has 100 valence electrons. The van der Waals surface area contributed by atoms with E-state index >= 15 is 0 Å². The highest BCUT2D eigenvalue weighted by molar-refractivity contribution is 5.80. The second-order valence-electron chi connectivity index (χ2n) is 5.37. The minimum absolute atomic E-state index is 0.0355. The van der Waals surface area contributed by atoms with E-state index in [0.29, 0.717) is 0 Å². The van der Waals surface area contributed by atoms with Crippen LogP contribution in [0.2, 0.25) is 0 Å². The molecule has 0 aliphatic rings. The van der Waals surface area contributed by atoms with Crippen LogP contribution in [-0.2, 0) is 6.42 Å². The van der Waals surface area contributed by atoms with Crippen molar-refractivity contribution in [1.82, 2.24) is 10.6 Å². The third-order valence-corrected chi connectivity index (χ3v) is 2.35. The Morgan fingerprint density at radius 1 is 1.17 bits per heavy atom. The van der Waals surface area contributed by atoms with Gasteiger partial charge in [-0.15, -0.1) is 0 Å². The van der Waals surface area contributed by atoms with Crippen molar-refractivity contribution >= 4 is 5.96 Å². The molecule has 3 nitrogen and oxygen atoms in total. The zero-order valence-corrected chi connectivity index (χ0v) is 12.0. The third-order valence-electron chi connectivity index (χ3n) is 2.35. The maximum atomic E-state index is 4.59. The first-order chi connectivity index (χ1) is 8.51. The minimum atomic E-state index is 0.0355. The van der Waals surface area contributed by atoms with Gasteiger partial charge >= 0.3 is 0 Å². The van der Waals surface area contributed by atoms with Gasteiger partial charge in [-0.3, -0.25) is 4.99 Å². The molecule has 0 fully saturated rings. The van der Waals surface area contributed by atoms with Gasteiger partial charge in [0.15, 0.2) is 5.96 Å². The molecule has 0 saturated heterocycles. The number of aliphatic imine (C=N–C) groups is 1. The summed E-state index contributed by atoms with van der Waals surface area (Å²) in [5.41, 5.74) is 1.36. The van der Waals surface area contributed by atoms with Crippen molar-refractivity contribution < 1.29 is 0 Å². The Morgan fingerprint density at radius 3 is 2.39 bits per heavy atom. The number of guanidine groups is 1. The van der Waals surface area contributed by atoms with Gasteiger partial charge in [0.1, 0.15) is 0 Å². The lowest BCUT2D eigenvalue weighted by Gasteiger charge is -2.23. The van der Waals surface area contributed by atoms with Gasteiger partial charge < -0.3 is 10.6 Å². The largest absolute Gasteiger partial charge is 0.357 e. The first-order valence-electron chi connectivity index (χ1n) is 6.61. The summed E-state index contributed by atoms with van der Waals surface area (Å²) in [5.74, 6) is 0.890. The standard InChI is InChI=1S/C15H25N3/c1-5-16-14(18-15(2,3)4)17-12-11-13-9-7-6-8-10-13/h6-10H,5,11-12H2,1-4H3,(H2,16,17,18). The van der Waals surface area contributed by atoms with Crippen LogP contribution >= 0.6 is 0 Å². The van der Waals surface area contributed by atoms with E-state index in [-0.39, 0.29) is 5.54 Å². The highest BCUT2D eigenvalue weighted by Gasteiger charge is 2.11. The fraction of sp³-hybridized carbons (Fsp3) is 0.533. The van der Waals surface area contributed by atoms with E-state index in [9.17, 15) is 0 Å². The first-order valence-corrected chi connectivity index (χ1v) is 6.61. The Hall–Kier alpha value is -1.51. The van der Waals surface area contributed by atoms with Gasteiger partial charge in [0, 0.05) is 18.6 Å². The predicted molar refractivity (Wildman–Crippen MR) is 79.0 cm³/mol. The zero-order chi connectivity index (χ0) is 13.4. The lowest BCUT2D eigenvalue weighted by atomic mass is 10.1. The Bertz CT molecular complexity index is 363. The summed E-state index contributed by atoms with van der Waals surface area (Å²) in [6, 6.07) is 10.5. The van der Waals surface area contributed by atoms with Gasteiger partial charge in [0.25, 0.3) is 0 Å². The van der Waals surface area contributed by atoms with Gasteiger partial charge in [0.05, 0.1) is 0 Å². The molecule has 0 saturated carbocycles. The first kappa shape index (κ1) is 14.6. The molecule has 3 heteroatoms. The SMILES string of the molecule is CCNC(=NCCc1ccccc1)NC(C)(C)C. The molecule has 0 aliphatic carbocycles. The number of nitrogens with one attached hydrogen (secondary N) is 2. The molecule has 0 atom stereocenters. The molecular formula is C15H25N3. The Kier molecular flexibility index (Phi) is 5.69. The molecule has 0 amide bonds. The van der Waals surface area contributed by atoms with Crippen molar-refractivity contribution in [3.63, 3.8) is 0 Å². The molecule has 1 aromatic rings. The number of hydrogen-bond acceptors (Lipinski definition) is 1. The highest BCUT2D eigenvalue weighted by Crippen LogP contribution is 2.00. The van der Waals surface area contributed by atoms with Gasteiger partial charge in [-0.2, -0.15) is 0 Å². The molecular weight excluding hydrogens is 222 g/mol. The smallest absolute Gasteiger partial charge is 0.191 e.